The predicted octanol–water partition coefficient (Wildman–Crippen LogP) is 1.21. The lowest BCUT2D eigenvalue weighted by Crippen LogP contribution is -2.21. The summed E-state index contributed by atoms with van der Waals surface area (Å²) in [6.45, 7) is 1.78. The molecule has 0 aliphatic rings. The fourth-order valence-electron chi connectivity index (χ4n) is 1.43. The molecule has 5 heteroatoms. The van der Waals surface area contributed by atoms with Gasteiger partial charge in [-0.2, -0.15) is 5.26 Å². The van der Waals surface area contributed by atoms with Crippen LogP contribution in [0.4, 0.5) is 0 Å². The van der Waals surface area contributed by atoms with Crippen molar-refractivity contribution in [1.82, 2.24) is 0 Å². The van der Waals surface area contributed by atoms with E-state index in [4.69, 9.17) is 11.0 Å². The van der Waals surface area contributed by atoms with Crippen molar-refractivity contribution in [2.24, 2.45) is 5.73 Å². The summed E-state index contributed by atoms with van der Waals surface area (Å²) in [5, 5.41) is 8.87. The minimum Gasteiger partial charge on any atom is -0.328 e. The van der Waals surface area contributed by atoms with Crippen LogP contribution in [-0.4, -0.2) is 20.2 Å². The molecule has 4 nitrogen and oxygen atoms in total. The highest BCUT2D eigenvalue weighted by atomic mass is 32.2. The first-order valence-corrected chi connectivity index (χ1v) is 7.21. The summed E-state index contributed by atoms with van der Waals surface area (Å²) in [5.41, 5.74) is 6.50. The number of nitrogens with two attached hydrogens (primary N) is 1. The summed E-state index contributed by atoms with van der Waals surface area (Å²) in [6, 6.07) is 8.61. The Kier molecular flexibility index (Phi) is 4.67. The zero-order chi connectivity index (χ0) is 12.9. The van der Waals surface area contributed by atoms with Crippen LogP contribution in [0.25, 0.3) is 0 Å². The number of rotatable bonds is 5. The highest BCUT2D eigenvalue weighted by Crippen LogP contribution is 2.12. The Bertz CT molecular complexity index is 516. The number of benzene rings is 1. The van der Waals surface area contributed by atoms with Crippen molar-refractivity contribution < 1.29 is 8.42 Å². The largest absolute Gasteiger partial charge is 0.328 e. The van der Waals surface area contributed by atoms with E-state index in [0.717, 1.165) is 0 Å². The van der Waals surface area contributed by atoms with Gasteiger partial charge in [0.2, 0.25) is 0 Å². The van der Waals surface area contributed by atoms with Crippen molar-refractivity contribution in [3.63, 3.8) is 0 Å². The molecule has 0 saturated heterocycles. The van der Waals surface area contributed by atoms with E-state index >= 15 is 0 Å². The van der Waals surface area contributed by atoms with Crippen LogP contribution in [0.2, 0.25) is 0 Å². The van der Waals surface area contributed by atoms with Crippen LogP contribution in [0.15, 0.2) is 24.3 Å². The van der Waals surface area contributed by atoms with Gasteiger partial charge in [-0.1, -0.05) is 18.2 Å². The molecular weight excluding hydrogens is 236 g/mol. The SMILES string of the molecule is CC(N)CCS(=O)(=O)Cc1ccccc1C#N. The van der Waals surface area contributed by atoms with Crippen LogP contribution in [0.3, 0.4) is 0 Å². The molecule has 0 aliphatic carbocycles. The monoisotopic (exact) mass is 252 g/mol. The third-order valence-corrected chi connectivity index (χ3v) is 4.01. The molecule has 1 aromatic rings. The van der Waals surface area contributed by atoms with Crippen LogP contribution < -0.4 is 5.73 Å². The second-order valence-corrected chi connectivity index (χ2v) is 6.31. The van der Waals surface area contributed by atoms with Crippen molar-refractivity contribution in [2.45, 2.75) is 25.1 Å². The lowest BCUT2D eigenvalue weighted by Gasteiger charge is -2.07. The predicted molar refractivity (Wildman–Crippen MR) is 66.9 cm³/mol. The Morgan fingerprint density at radius 3 is 2.65 bits per heavy atom. The third kappa shape index (κ3) is 4.55. The van der Waals surface area contributed by atoms with Gasteiger partial charge >= 0.3 is 0 Å². The van der Waals surface area contributed by atoms with E-state index in [1.807, 2.05) is 6.07 Å². The molecule has 0 aromatic heterocycles. The smallest absolute Gasteiger partial charge is 0.154 e. The van der Waals surface area contributed by atoms with Gasteiger partial charge in [-0.3, -0.25) is 0 Å². The van der Waals surface area contributed by atoms with Gasteiger partial charge in [0.15, 0.2) is 9.84 Å². The first-order valence-electron chi connectivity index (χ1n) is 5.38. The number of hydrogen-bond donors (Lipinski definition) is 1. The molecule has 0 fully saturated rings. The van der Waals surface area contributed by atoms with Crippen LogP contribution in [0.5, 0.6) is 0 Å². The van der Waals surface area contributed by atoms with E-state index in [1.54, 1.807) is 31.2 Å². The summed E-state index contributed by atoms with van der Waals surface area (Å²) >= 11 is 0. The average molecular weight is 252 g/mol. The van der Waals surface area contributed by atoms with Gasteiger partial charge < -0.3 is 5.73 Å². The molecule has 0 spiro atoms. The zero-order valence-electron chi connectivity index (χ0n) is 9.76. The lowest BCUT2D eigenvalue weighted by molar-refractivity contribution is 0.586. The number of hydrogen-bond acceptors (Lipinski definition) is 4. The molecule has 0 aliphatic heterocycles. The molecular formula is C12H16N2O2S. The normalized spacial score (nSPS) is 13.0. The summed E-state index contributed by atoms with van der Waals surface area (Å²) in [5.74, 6) is -0.0338. The molecule has 0 bridgehead atoms. The van der Waals surface area contributed by atoms with Crippen molar-refractivity contribution >= 4 is 9.84 Å². The Balaban J connectivity index is 2.80. The van der Waals surface area contributed by atoms with E-state index in [-0.39, 0.29) is 17.5 Å². The topological polar surface area (TPSA) is 84.0 Å². The van der Waals surface area contributed by atoms with E-state index in [1.165, 1.54) is 0 Å². The number of nitriles is 1. The minimum atomic E-state index is -3.19. The summed E-state index contributed by atoms with van der Waals surface area (Å²) in [4.78, 5) is 0. The maximum absolute atomic E-state index is 11.8. The lowest BCUT2D eigenvalue weighted by atomic mass is 10.1. The Morgan fingerprint density at radius 2 is 2.06 bits per heavy atom. The Labute approximate surface area is 102 Å². The van der Waals surface area contributed by atoms with Gasteiger partial charge in [-0.15, -0.1) is 0 Å². The van der Waals surface area contributed by atoms with Gasteiger partial charge in [-0.05, 0) is 25.0 Å². The van der Waals surface area contributed by atoms with E-state index in [0.29, 0.717) is 17.5 Å². The second kappa shape index (κ2) is 5.80. The number of nitrogens with zero attached hydrogens (tertiary/aromatic N) is 1. The van der Waals surface area contributed by atoms with Gasteiger partial charge in [-0.25, -0.2) is 8.42 Å². The maximum Gasteiger partial charge on any atom is 0.154 e. The quantitative estimate of drug-likeness (QED) is 0.853. The molecule has 0 radical (unpaired) electrons. The van der Waals surface area contributed by atoms with Crippen LogP contribution >= 0.6 is 0 Å². The summed E-state index contributed by atoms with van der Waals surface area (Å²) < 4.78 is 23.6. The fourth-order valence-corrected chi connectivity index (χ4v) is 3.03. The highest BCUT2D eigenvalue weighted by Gasteiger charge is 2.14. The second-order valence-electron chi connectivity index (χ2n) is 4.13. The standard InChI is InChI=1S/C12H16N2O2S/c1-10(14)6-7-17(15,16)9-12-5-3-2-4-11(12)8-13/h2-5,10H,6-7,9,14H2,1H3. The van der Waals surface area contributed by atoms with Gasteiger partial charge in [0, 0.05) is 6.04 Å². The fraction of sp³-hybridized carbons (Fsp3) is 0.417. The molecule has 0 amide bonds. The molecule has 1 atom stereocenters. The molecule has 2 N–H and O–H groups in total. The molecule has 1 aromatic carbocycles. The molecule has 1 rings (SSSR count). The maximum atomic E-state index is 11.8. The summed E-state index contributed by atoms with van der Waals surface area (Å²) in [7, 11) is -3.19. The van der Waals surface area contributed by atoms with E-state index in [9.17, 15) is 8.42 Å². The van der Waals surface area contributed by atoms with Crippen LogP contribution in [-0.2, 0) is 15.6 Å². The third-order valence-electron chi connectivity index (χ3n) is 2.40. The van der Waals surface area contributed by atoms with Crippen molar-refractivity contribution in [3.8, 4) is 6.07 Å². The first kappa shape index (κ1) is 13.7. The Hall–Kier alpha value is -1.38. The van der Waals surface area contributed by atoms with Gasteiger partial charge in [0.05, 0.1) is 23.1 Å². The van der Waals surface area contributed by atoms with E-state index < -0.39 is 9.84 Å². The molecule has 17 heavy (non-hydrogen) atoms. The van der Waals surface area contributed by atoms with Gasteiger partial charge in [0.1, 0.15) is 0 Å². The van der Waals surface area contributed by atoms with Gasteiger partial charge in [0.25, 0.3) is 0 Å². The zero-order valence-corrected chi connectivity index (χ0v) is 10.6. The van der Waals surface area contributed by atoms with Crippen molar-refractivity contribution in [2.75, 3.05) is 5.75 Å². The number of sulfone groups is 1. The highest BCUT2D eigenvalue weighted by molar-refractivity contribution is 7.90. The minimum absolute atomic E-state index is 0.0599. The van der Waals surface area contributed by atoms with Crippen molar-refractivity contribution in [1.29, 1.82) is 5.26 Å². The summed E-state index contributed by atoms with van der Waals surface area (Å²) in [6.07, 6.45) is 0.442. The van der Waals surface area contributed by atoms with Crippen LogP contribution in [0, 0.1) is 11.3 Å². The van der Waals surface area contributed by atoms with E-state index in [2.05, 4.69) is 0 Å². The van der Waals surface area contributed by atoms with Crippen LogP contribution in [0.1, 0.15) is 24.5 Å². The molecule has 1 unspecified atom stereocenters. The Morgan fingerprint density at radius 1 is 1.41 bits per heavy atom. The van der Waals surface area contributed by atoms with Crippen molar-refractivity contribution in [3.05, 3.63) is 35.4 Å². The first-order chi connectivity index (χ1) is 7.94. The molecule has 0 heterocycles. The molecule has 0 saturated carbocycles. The molecule has 92 valence electrons. The average Bonchev–Trinajstić information content (AvgIpc) is 2.27.